The quantitative estimate of drug-likeness (QED) is 0.456. The second-order valence-electron chi connectivity index (χ2n) is 6.41. The average Bonchev–Trinajstić information content (AvgIpc) is 2.82. The molecular weight excluding hydrogens is 428 g/mol. The number of amides is 1. The van der Waals surface area contributed by atoms with Crippen molar-refractivity contribution in [1.29, 1.82) is 0 Å². The lowest BCUT2D eigenvalue weighted by Gasteiger charge is -2.17. The standard InChI is InChI=1S/C20H19BrN2OS2/c1-12-5-7-16(13(2)9-12)23-19(24)18(26-20(23)25)11-14-6-8-17(22(3)4)15(21)10-14/h5-11H,1-4H3/b18-11-. The van der Waals surface area contributed by atoms with Gasteiger partial charge in [0.15, 0.2) is 4.32 Å². The molecule has 2 aromatic rings. The lowest BCUT2D eigenvalue weighted by atomic mass is 10.1. The van der Waals surface area contributed by atoms with Gasteiger partial charge in [-0.05, 0) is 65.2 Å². The Balaban J connectivity index is 1.93. The fourth-order valence-corrected chi connectivity index (χ4v) is 4.89. The van der Waals surface area contributed by atoms with Crippen LogP contribution in [0, 0.1) is 13.8 Å². The van der Waals surface area contributed by atoms with E-state index in [0.29, 0.717) is 9.23 Å². The first-order chi connectivity index (χ1) is 12.3. The van der Waals surface area contributed by atoms with Crippen molar-refractivity contribution in [2.45, 2.75) is 13.8 Å². The maximum Gasteiger partial charge on any atom is 0.270 e. The summed E-state index contributed by atoms with van der Waals surface area (Å²) >= 11 is 10.4. The monoisotopic (exact) mass is 446 g/mol. The van der Waals surface area contributed by atoms with Crippen molar-refractivity contribution in [3.63, 3.8) is 0 Å². The third-order valence-electron chi connectivity index (χ3n) is 4.14. The predicted octanol–water partition coefficient (Wildman–Crippen LogP) is 5.54. The van der Waals surface area contributed by atoms with Gasteiger partial charge in [0.2, 0.25) is 0 Å². The smallest absolute Gasteiger partial charge is 0.270 e. The zero-order chi connectivity index (χ0) is 19.0. The number of carbonyl (C=O) groups is 1. The van der Waals surface area contributed by atoms with Gasteiger partial charge in [-0.25, -0.2) is 0 Å². The molecule has 1 heterocycles. The Kier molecular flexibility index (Phi) is 5.55. The van der Waals surface area contributed by atoms with E-state index in [0.717, 1.165) is 32.5 Å². The van der Waals surface area contributed by atoms with Crippen molar-refractivity contribution < 1.29 is 4.79 Å². The normalized spacial score (nSPS) is 15.9. The summed E-state index contributed by atoms with van der Waals surface area (Å²) in [4.78, 5) is 17.2. The summed E-state index contributed by atoms with van der Waals surface area (Å²) in [5, 5.41) is 0. The molecule has 1 aliphatic rings. The summed E-state index contributed by atoms with van der Waals surface area (Å²) < 4.78 is 1.55. The molecule has 3 rings (SSSR count). The van der Waals surface area contributed by atoms with E-state index in [1.807, 2.05) is 69.3 Å². The van der Waals surface area contributed by atoms with Crippen molar-refractivity contribution in [3.8, 4) is 0 Å². The summed E-state index contributed by atoms with van der Waals surface area (Å²) in [6, 6.07) is 12.1. The number of halogens is 1. The maximum absolute atomic E-state index is 12.9. The fraction of sp³-hybridized carbons (Fsp3) is 0.200. The SMILES string of the molecule is Cc1ccc(N2C(=O)/C(=C/c3ccc(N(C)C)c(Br)c3)SC2=S)c(C)c1. The van der Waals surface area contributed by atoms with Gasteiger partial charge in [0.1, 0.15) is 0 Å². The molecule has 1 fully saturated rings. The minimum Gasteiger partial charge on any atom is -0.377 e. The molecule has 0 bridgehead atoms. The number of thiocarbonyl (C=S) groups is 1. The van der Waals surface area contributed by atoms with E-state index in [9.17, 15) is 4.79 Å². The van der Waals surface area contributed by atoms with Crippen LogP contribution in [0.25, 0.3) is 6.08 Å². The summed E-state index contributed by atoms with van der Waals surface area (Å²) in [6.07, 6.45) is 1.90. The van der Waals surface area contributed by atoms with E-state index in [-0.39, 0.29) is 5.91 Å². The Hall–Kier alpha value is -1.63. The molecule has 0 radical (unpaired) electrons. The molecular formula is C20H19BrN2OS2. The number of benzene rings is 2. The molecule has 0 unspecified atom stereocenters. The molecule has 0 N–H and O–H groups in total. The van der Waals surface area contributed by atoms with Gasteiger partial charge >= 0.3 is 0 Å². The van der Waals surface area contributed by atoms with Gasteiger partial charge in [-0.2, -0.15) is 0 Å². The maximum atomic E-state index is 12.9. The first-order valence-corrected chi connectivity index (χ1v) is 10.1. The molecule has 1 amide bonds. The van der Waals surface area contributed by atoms with Crippen LogP contribution < -0.4 is 9.80 Å². The third-order valence-corrected chi connectivity index (χ3v) is 6.08. The molecule has 1 aliphatic heterocycles. The molecule has 0 spiro atoms. The van der Waals surface area contributed by atoms with Crippen LogP contribution in [-0.4, -0.2) is 24.3 Å². The molecule has 2 aromatic carbocycles. The van der Waals surface area contributed by atoms with Crippen LogP contribution in [0.4, 0.5) is 11.4 Å². The zero-order valence-corrected chi connectivity index (χ0v) is 18.3. The van der Waals surface area contributed by atoms with E-state index in [1.165, 1.54) is 11.8 Å². The van der Waals surface area contributed by atoms with Crippen LogP contribution >= 0.6 is 39.9 Å². The van der Waals surface area contributed by atoms with Crippen molar-refractivity contribution in [2.24, 2.45) is 0 Å². The van der Waals surface area contributed by atoms with E-state index < -0.39 is 0 Å². The van der Waals surface area contributed by atoms with Crippen LogP contribution in [-0.2, 0) is 4.79 Å². The minimum atomic E-state index is -0.0697. The molecule has 6 heteroatoms. The highest BCUT2D eigenvalue weighted by molar-refractivity contribution is 9.10. The number of carbonyl (C=O) groups excluding carboxylic acids is 1. The molecule has 0 aliphatic carbocycles. The van der Waals surface area contributed by atoms with Crippen molar-refractivity contribution in [2.75, 3.05) is 23.9 Å². The number of nitrogens with zero attached hydrogens (tertiary/aromatic N) is 2. The van der Waals surface area contributed by atoms with Crippen molar-refractivity contribution >= 4 is 67.6 Å². The Morgan fingerprint density at radius 3 is 2.50 bits per heavy atom. The molecule has 0 saturated carbocycles. The second kappa shape index (κ2) is 7.55. The van der Waals surface area contributed by atoms with Crippen molar-refractivity contribution in [3.05, 3.63) is 62.5 Å². The highest BCUT2D eigenvalue weighted by Crippen LogP contribution is 2.38. The first-order valence-electron chi connectivity index (χ1n) is 8.10. The van der Waals surface area contributed by atoms with E-state index >= 15 is 0 Å². The summed E-state index contributed by atoms with van der Waals surface area (Å²) in [5.41, 5.74) is 5.11. The molecule has 3 nitrogen and oxygen atoms in total. The Labute approximate surface area is 172 Å². The van der Waals surface area contributed by atoms with E-state index in [2.05, 4.69) is 22.0 Å². The number of aryl methyl sites for hydroxylation is 2. The van der Waals surface area contributed by atoms with Gasteiger partial charge < -0.3 is 4.90 Å². The van der Waals surface area contributed by atoms with Crippen LogP contribution in [0.5, 0.6) is 0 Å². The van der Waals surface area contributed by atoms with Gasteiger partial charge in [-0.15, -0.1) is 0 Å². The van der Waals surface area contributed by atoms with Gasteiger partial charge in [0, 0.05) is 18.6 Å². The second-order valence-corrected chi connectivity index (χ2v) is 8.94. The van der Waals surface area contributed by atoms with Crippen LogP contribution in [0.15, 0.2) is 45.8 Å². The van der Waals surface area contributed by atoms with Crippen LogP contribution in [0.1, 0.15) is 16.7 Å². The minimum absolute atomic E-state index is 0.0697. The molecule has 26 heavy (non-hydrogen) atoms. The van der Waals surface area contributed by atoms with Crippen LogP contribution in [0.3, 0.4) is 0 Å². The Bertz CT molecular complexity index is 937. The highest BCUT2D eigenvalue weighted by Gasteiger charge is 2.34. The number of hydrogen-bond donors (Lipinski definition) is 0. The fourth-order valence-electron chi connectivity index (χ4n) is 2.86. The highest BCUT2D eigenvalue weighted by atomic mass is 79.9. The number of hydrogen-bond acceptors (Lipinski definition) is 4. The predicted molar refractivity (Wildman–Crippen MR) is 120 cm³/mol. The zero-order valence-electron chi connectivity index (χ0n) is 15.0. The molecule has 1 saturated heterocycles. The summed E-state index contributed by atoms with van der Waals surface area (Å²) in [5.74, 6) is -0.0697. The Morgan fingerprint density at radius 2 is 1.88 bits per heavy atom. The molecule has 0 aromatic heterocycles. The lowest BCUT2D eigenvalue weighted by molar-refractivity contribution is -0.113. The average molecular weight is 447 g/mol. The number of anilines is 2. The molecule has 134 valence electrons. The van der Waals surface area contributed by atoms with Gasteiger partial charge in [0.05, 0.1) is 16.3 Å². The summed E-state index contributed by atoms with van der Waals surface area (Å²) in [6.45, 7) is 4.04. The lowest BCUT2D eigenvalue weighted by Crippen LogP contribution is -2.28. The third kappa shape index (κ3) is 3.72. The van der Waals surface area contributed by atoms with Crippen molar-refractivity contribution in [1.82, 2.24) is 0 Å². The van der Waals surface area contributed by atoms with E-state index in [4.69, 9.17) is 12.2 Å². The first kappa shape index (κ1) is 19.1. The largest absolute Gasteiger partial charge is 0.377 e. The molecule has 0 atom stereocenters. The summed E-state index contributed by atoms with van der Waals surface area (Å²) in [7, 11) is 3.99. The number of rotatable bonds is 3. The van der Waals surface area contributed by atoms with Gasteiger partial charge in [0.25, 0.3) is 5.91 Å². The Morgan fingerprint density at radius 1 is 1.15 bits per heavy atom. The number of thioether (sulfide) groups is 1. The topological polar surface area (TPSA) is 23.6 Å². The van der Waals surface area contributed by atoms with E-state index in [1.54, 1.807) is 4.90 Å². The van der Waals surface area contributed by atoms with Gasteiger partial charge in [-0.1, -0.05) is 47.7 Å². The van der Waals surface area contributed by atoms with Gasteiger partial charge in [-0.3, -0.25) is 9.69 Å². The van der Waals surface area contributed by atoms with Crippen LogP contribution in [0.2, 0.25) is 0 Å².